The summed E-state index contributed by atoms with van der Waals surface area (Å²) in [5.41, 5.74) is 3.20. The number of ether oxygens (including phenoxy) is 2. The lowest BCUT2D eigenvalue weighted by Crippen LogP contribution is -2.15. The van der Waals surface area contributed by atoms with Gasteiger partial charge in [0.2, 0.25) is 0 Å². The lowest BCUT2D eigenvalue weighted by atomic mass is 9.97. The Morgan fingerprint density at radius 1 is 0.871 bits per heavy atom. The minimum absolute atomic E-state index is 0.0324. The third kappa shape index (κ3) is 4.10. The number of amides is 2. The van der Waals surface area contributed by atoms with Gasteiger partial charge in [-0.3, -0.25) is 9.59 Å². The van der Waals surface area contributed by atoms with Gasteiger partial charge in [-0.15, -0.1) is 0 Å². The summed E-state index contributed by atoms with van der Waals surface area (Å²) in [5.74, 6) is 0.960. The van der Waals surface area contributed by atoms with Gasteiger partial charge in [-0.25, -0.2) is 0 Å². The van der Waals surface area contributed by atoms with E-state index in [1.165, 1.54) is 0 Å². The molecule has 31 heavy (non-hydrogen) atoms. The zero-order valence-electron chi connectivity index (χ0n) is 17.6. The number of carbonyl (C=O) groups is 2. The molecule has 3 aromatic rings. The summed E-state index contributed by atoms with van der Waals surface area (Å²) >= 11 is 0. The van der Waals surface area contributed by atoms with Gasteiger partial charge in [0.1, 0.15) is 17.6 Å². The predicted octanol–water partition coefficient (Wildman–Crippen LogP) is 5.08. The Morgan fingerprint density at radius 3 is 2.35 bits per heavy atom. The van der Waals surface area contributed by atoms with Crippen LogP contribution in [0.5, 0.6) is 11.5 Å². The molecule has 1 aliphatic rings. The highest BCUT2D eigenvalue weighted by molar-refractivity contribution is 6.08. The Kier molecular flexibility index (Phi) is 5.62. The van der Waals surface area contributed by atoms with E-state index in [0.29, 0.717) is 34.0 Å². The number of rotatable bonds is 5. The second-order valence-corrected chi connectivity index (χ2v) is 7.52. The molecule has 6 heteroatoms. The molecule has 0 unspecified atom stereocenters. The molecule has 1 heterocycles. The molecule has 1 aliphatic heterocycles. The summed E-state index contributed by atoms with van der Waals surface area (Å²) in [4.78, 5) is 25.4. The standard InChI is InChI=1S/C25H24N2O4/c1-15-16(2)31-23-19(15)7-6-8-20(23)25(29)26-18-13-11-17(12-14-18)24(28)27-21-9-4-5-10-22(21)30-3/h4-16H,1-3H3,(H,26,29)(H,27,28)/t15-,16-/m1/s1. The lowest BCUT2D eigenvalue weighted by Gasteiger charge is -2.11. The van der Waals surface area contributed by atoms with Crippen molar-refractivity contribution in [3.8, 4) is 11.5 Å². The van der Waals surface area contributed by atoms with Crippen LogP contribution in [-0.4, -0.2) is 25.0 Å². The van der Waals surface area contributed by atoms with Gasteiger partial charge in [0.05, 0.1) is 18.4 Å². The average molecular weight is 416 g/mol. The molecule has 0 saturated heterocycles. The molecule has 2 atom stereocenters. The fourth-order valence-corrected chi connectivity index (χ4v) is 3.61. The second-order valence-electron chi connectivity index (χ2n) is 7.52. The van der Waals surface area contributed by atoms with Crippen LogP contribution in [0.3, 0.4) is 0 Å². The van der Waals surface area contributed by atoms with Gasteiger partial charge < -0.3 is 20.1 Å². The van der Waals surface area contributed by atoms with E-state index >= 15 is 0 Å². The maximum atomic E-state index is 12.8. The normalized spacial score (nSPS) is 16.7. The summed E-state index contributed by atoms with van der Waals surface area (Å²) in [7, 11) is 1.55. The van der Waals surface area contributed by atoms with Gasteiger partial charge in [-0.05, 0) is 49.4 Å². The van der Waals surface area contributed by atoms with Crippen molar-refractivity contribution in [2.24, 2.45) is 0 Å². The van der Waals surface area contributed by atoms with Crippen LogP contribution in [0.15, 0.2) is 66.7 Å². The van der Waals surface area contributed by atoms with Crippen molar-refractivity contribution in [3.63, 3.8) is 0 Å². The highest BCUT2D eigenvalue weighted by Gasteiger charge is 2.31. The summed E-state index contributed by atoms with van der Waals surface area (Å²) in [6, 6.07) is 19.6. The van der Waals surface area contributed by atoms with E-state index < -0.39 is 0 Å². The first-order valence-corrected chi connectivity index (χ1v) is 10.1. The van der Waals surface area contributed by atoms with Crippen LogP contribution < -0.4 is 20.1 Å². The molecule has 2 amide bonds. The van der Waals surface area contributed by atoms with Gasteiger partial charge in [-0.2, -0.15) is 0 Å². The van der Waals surface area contributed by atoms with Crippen LogP contribution in [0.25, 0.3) is 0 Å². The molecule has 0 aliphatic carbocycles. The van der Waals surface area contributed by atoms with Crippen molar-refractivity contribution in [1.82, 2.24) is 0 Å². The Hall–Kier alpha value is -3.80. The monoisotopic (exact) mass is 416 g/mol. The summed E-state index contributed by atoms with van der Waals surface area (Å²) < 4.78 is 11.2. The first kappa shape index (κ1) is 20.5. The van der Waals surface area contributed by atoms with Crippen LogP contribution in [0.2, 0.25) is 0 Å². The molecule has 2 N–H and O–H groups in total. The van der Waals surface area contributed by atoms with Crippen LogP contribution in [0, 0.1) is 0 Å². The fourth-order valence-electron chi connectivity index (χ4n) is 3.61. The smallest absolute Gasteiger partial charge is 0.259 e. The number of para-hydroxylation sites is 3. The zero-order valence-corrected chi connectivity index (χ0v) is 17.6. The molecule has 0 saturated carbocycles. The van der Waals surface area contributed by atoms with E-state index in [1.807, 2.05) is 31.2 Å². The van der Waals surface area contributed by atoms with Crippen molar-refractivity contribution in [2.75, 3.05) is 17.7 Å². The molecule has 0 spiro atoms. The minimum Gasteiger partial charge on any atom is -0.495 e. The third-order valence-corrected chi connectivity index (χ3v) is 5.55. The zero-order chi connectivity index (χ0) is 22.0. The first-order chi connectivity index (χ1) is 15.0. The fraction of sp³-hybridized carbons (Fsp3) is 0.200. The molecule has 0 bridgehead atoms. The van der Waals surface area contributed by atoms with E-state index in [2.05, 4.69) is 17.6 Å². The number of methoxy groups -OCH3 is 1. The summed E-state index contributed by atoms with van der Waals surface area (Å²) in [6.45, 7) is 4.09. The Bertz CT molecular complexity index is 1120. The topological polar surface area (TPSA) is 76.7 Å². The summed E-state index contributed by atoms with van der Waals surface area (Å²) in [6.07, 6.45) is 0.0324. The minimum atomic E-state index is -0.264. The van der Waals surface area contributed by atoms with Crippen LogP contribution >= 0.6 is 0 Å². The molecular formula is C25H24N2O4. The van der Waals surface area contributed by atoms with Crippen molar-refractivity contribution >= 4 is 23.2 Å². The quantitative estimate of drug-likeness (QED) is 0.608. The summed E-state index contributed by atoms with van der Waals surface area (Å²) in [5, 5.41) is 5.71. The number of anilines is 2. The molecule has 158 valence electrons. The number of nitrogens with one attached hydrogen (secondary N) is 2. The molecule has 0 aromatic heterocycles. The third-order valence-electron chi connectivity index (χ3n) is 5.55. The van der Waals surface area contributed by atoms with Gasteiger partial charge >= 0.3 is 0 Å². The first-order valence-electron chi connectivity index (χ1n) is 10.1. The SMILES string of the molecule is COc1ccccc1NC(=O)c1ccc(NC(=O)c2cccc3c2O[C@H](C)[C@H]3C)cc1. The maximum Gasteiger partial charge on any atom is 0.259 e. The molecule has 3 aromatic carbocycles. The van der Waals surface area contributed by atoms with Crippen LogP contribution in [0.1, 0.15) is 46.0 Å². The van der Waals surface area contributed by atoms with E-state index in [-0.39, 0.29) is 23.8 Å². The highest BCUT2D eigenvalue weighted by Crippen LogP contribution is 2.40. The molecule has 6 nitrogen and oxygen atoms in total. The van der Waals surface area contributed by atoms with Crippen LogP contribution in [-0.2, 0) is 0 Å². The van der Waals surface area contributed by atoms with Gasteiger partial charge in [0.25, 0.3) is 11.8 Å². The van der Waals surface area contributed by atoms with Crippen molar-refractivity contribution < 1.29 is 19.1 Å². The van der Waals surface area contributed by atoms with Crippen molar-refractivity contribution in [1.29, 1.82) is 0 Å². The van der Waals surface area contributed by atoms with Gasteiger partial charge in [-0.1, -0.05) is 31.2 Å². The van der Waals surface area contributed by atoms with Crippen molar-refractivity contribution in [2.45, 2.75) is 25.9 Å². The van der Waals surface area contributed by atoms with E-state index in [4.69, 9.17) is 9.47 Å². The van der Waals surface area contributed by atoms with Gasteiger partial charge in [0.15, 0.2) is 0 Å². The highest BCUT2D eigenvalue weighted by atomic mass is 16.5. The number of carbonyl (C=O) groups excluding carboxylic acids is 2. The largest absolute Gasteiger partial charge is 0.495 e. The Morgan fingerprint density at radius 2 is 1.61 bits per heavy atom. The van der Waals surface area contributed by atoms with Crippen LogP contribution in [0.4, 0.5) is 11.4 Å². The van der Waals surface area contributed by atoms with Crippen molar-refractivity contribution in [3.05, 3.63) is 83.4 Å². The predicted molar refractivity (Wildman–Crippen MR) is 120 cm³/mol. The molecule has 0 fully saturated rings. The van der Waals surface area contributed by atoms with E-state index in [0.717, 1.165) is 5.56 Å². The second kappa shape index (κ2) is 8.52. The van der Waals surface area contributed by atoms with E-state index in [1.54, 1.807) is 49.6 Å². The molecule has 4 rings (SSSR count). The van der Waals surface area contributed by atoms with Gasteiger partial charge in [0, 0.05) is 22.7 Å². The average Bonchev–Trinajstić information content (AvgIpc) is 3.08. The van der Waals surface area contributed by atoms with E-state index in [9.17, 15) is 9.59 Å². The number of hydrogen-bond acceptors (Lipinski definition) is 4. The Balaban J connectivity index is 1.46. The number of fused-ring (bicyclic) bond motifs is 1. The number of benzene rings is 3. The number of hydrogen-bond donors (Lipinski definition) is 2. The lowest BCUT2D eigenvalue weighted by molar-refractivity contribution is 0.101. The molecule has 0 radical (unpaired) electrons. The molecular weight excluding hydrogens is 392 g/mol. The maximum absolute atomic E-state index is 12.8. The Labute approximate surface area is 181 Å².